The third-order valence-corrected chi connectivity index (χ3v) is 7.43. The number of nitrogens with zero attached hydrogens (tertiary/aromatic N) is 2. The smallest absolute Gasteiger partial charge is 0.259 e. The lowest BCUT2D eigenvalue weighted by Gasteiger charge is -2.23. The first-order chi connectivity index (χ1) is 20.2. The standard InChI is InChI=1S/C34H22F4N2O2/c1-39-31(21-7-15-25(37)16-8-21)27(19-3-11-23(35)12-4-19)30-29(33(39)41)28(20-5-13-24(36)14-6-20)32(40(2)34(30)42)22-9-17-26(38)18-10-22/h3-18H,1-2H3. The summed E-state index contributed by atoms with van der Waals surface area (Å²) >= 11 is 0. The Morgan fingerprint density at radius 2 is 0.643 bits per heavy atom. The van der Waals surface area contributed by atoms with Crippen LogP contribution in [-0.4, -0.2) is 9.13 Å². The zero-order valence-electron chi connectivity index (χ0n) is 22.5. The van der Waals surface area contributed by atoms with Gasteiger partial charge in [0, 0.05) is 25.2 Å². The highest BCUT2D eigenvalue weighted by Crippen LogP contribution is 2.41. The number of pyridine rings is 2. The summed E-state index contributed by atoms with van der Waals surface area (Å²) in [6.45, 7) is 0. The Hall–Kier alpha value is -5.24. The van der Waals surface area contributed by atoms with E-state index in [0.717, 1.165) is 0 Å². The van der Waals surface area contributed by atoms with Crippen molar-refractivity contribution >= 4 is 10.8 Å². The Morgan fingerprint density at radius 1 is 0.405 bits per heavy atom. The minimum absolute atomic E-state index is 0.0525. The molecule has 0 bridgehead atoms. The molecule has 0 amide bonds. The molecule has 2 aromatic heterocycles. The molecular weight excluding hydrogens is 544 g/mol. The number of benzene rings is 4. The van der Waals surface area contributed by atoms with Crippen LogP contribution < -0.4 is 11.1 Å². The van der Waals surface area contributed by atoms with E-state index < -0.39 is 34.4 Å². The fourth-order valence-corrected chi connectivity index (χ4v) is 5.48. The number of aromatic nitrogens is 2. The first-order valence-corrected chi connectivity index (χ1v) is 13.0. The van der Waals surface area contributed by atoms with Gasteiger partial charge in [-0.1, -0.05) is 24.3 Å². The summed E-state index contributed by atoms with van der Waals surface area (Å²) in [7, 11) is 3.08. The van der Waals surface area contributed by atoms with Gasteiger partial charge in [0.2, 0.25) is 0 Å². The van der Waals surface area contributed by atoms with Crippen LogP contribution in [-0.2, 0) is 14.1 Å². The van der Waals surface area contributed by atoms with Crippen molar-refractivity contribution in [2.24, 2.45) is 14.1 Å². The van der Waals surface area contributed by atoms with Crippen molar-refractivity contribution in [3.05, 3.63) is 141 Å². The first-order valence-electron chi connectivity index (χ1n) is 13.0. The maximum atomic E-state index is 14.3. The largest absolute Gasteiger partial charge is 0.310 e. The van der Waals surface area contributed by atoms with Crippen LogP contribution in [0.3, 0.4) is 0 Å². The molecular formula is C34H22F4N2O2. The van der Waals surface area contributed by atoms with Gasteiger partial charge in [-0.3, -0.25) is 9.59 Å². The normalized spacial score (nSPS) is 11.3. The fraction of sp³-hybridized carbons (Fsp3) is 0.0588. The highest BCUT2D eigenvalue weighted by molar-refractivity contribution is 6.10. The summed E-state index contributed by atoms with van der Waals surface area (Å²) < 4.78 is 58.6. The van der Waals surface area contributed by atoms with Crippen molar-refractivity contribution < 1.29 is 17.6 Å². The maximum Gasteiger partial charge on any atom is 0.259 e. The van der Waals surface area contributed by atoms with Gasteiger partial charge in [0.25, 0.3) is 11.1 Å². The summed E-state index contributed by atoms with van der Waals surface area (Å²) in [6, 6.07) is 22.0. The Bertz CT molecular complexity index is 1940. The molecule has 0 aliphatic rings. The number of hydrogen-bond acceptors (Lipinski definition) is 2. The Kier molecular flexibility index (Phi) is 6.61. The molecule has 0 atom stereocenters. The predicted molar refractivity (Wildman–Crippen MR) is 156 cm³/mol. The van der Waals surface area contributed by atoms with Crippen LogP contribution in [0.4, 0.5) is 17.6 Å². The average molecular weight is 567 g/mol. The lowest BCUT2D eigenvalue weighted by molar-refractivity contribution is 0.627. The van der Waals surface area contributed by atoms with Crippen molar-refractivity contribution in [3.63, 3.8) is 0 Å². The van der Waals surface area contributed by atoms with E-state index in [1.165, 1.54) is 120 Å². The van der Waals surface area contributed by atoms with Crippen LogP contribution in [0.1, 0.15) is 0 Å². The zero-order chi connectivity index (χ0) is 29.7. The summed E-state index contributed by atoms with van der Waals surface area (Å²) in [5.41, 5.74) is 2.11. The third kappa shape index (κ3) is 4.41. The van der Waals surface area contributed by atoms with Gasteiger partial charge in [0.05, 0.1) is 22.2 Å². The number of fused-ring (bicyclic) bond motifs is 1. The van der Waals surface area contributed by atoms with Crippen LogP contribution in [0.5, 0.6) is 0 Å². The van der Waals surface area contributed by atoms with Crippen LogP contribution in [0.15, 0.2) is 107 Å². The van der Waals surface area contributed by atoms with Crippen molar-refractivity contribution in [1.29, 1.82) is 0 Å². The number of halogens is 4. The van der Waals surface area contributed by atoms with Crippen molar-refractivity contribution in [3.8, 4) is 44.8 Å². The molecule has 0 saturated carbocycles. The highest BCUT2D eigenvalue weighted by Gasteiger charge is 2.27. The molecule has 0 saturated heterocycles. The summed E-state index contributed by atoms with van der Waals surface area (Å²) in [6.07, 6.45) is 0. The second-order valence-corrected chi connectivity index (χ2v) is 9.95. The molecule has 0 radical (unpaired) electrons. The van der Waals surface area contributed by atoms with Gasteiger partial charge in [-0.25, -0.2) is 17.6 Å². The van der Waals surface area contributed by atoms with Crippen LogP contribution in [0, 0.1) is 23.3 Å². The highest BCUT2D eigenvalue weighted by atomic mass is 19.1. The molecule has 2 heterocycles. The number of hydrogen-bond donors (Lipinski definition) is 0. The quantitative estimate of drug-likeness (QED) is 0.208. The molecule has 208 valence electrons. The van der Waals surface area contributed by atoms with Gasteiger partial charge in [-0.15, -0.1) is 0 Å². The van der Waals surface area contributed by atoms with Crippen LogP contribution in [0.2, 0.25) is 0 Å². The van der Waals surface area contributed by atoms with E-state index in [0.29, 0.717) is 44.8 Å². The average Bonchev–Trinajstić information content (AvgIpc) is 2.98. The predicted octanol–water partition coefficient (Wildman–Crippen LogP) is 7.46. The SMILES string of the molecule is Cn1c(-c2ccc(F)cc2)c(-c2ccc(F)cc2)c2c(=O)n(C)c(-c3ccc(F)cc3)c(-c3ccc(F)cc3)c2c1=O. The summed E-state index contributed by atoms with van der Waals surface area (Å²) in [4.78, 5) is 28.7. The fourth-order valence-electron chi connectivity index (χ4n) is 5.48. The molecule has 6 aromatic rings. The molecule has 6 rings (SSSR count). The Labute approximate surface area is 237 Å². The van der Waals surface area contributed by atoms with E-state index in [-0.39, 0.29) is 10.8 Å². The Morgan fingerprint density at radius 3 is 0.905 bits per heavy atom. The molecule has 4 nitrogen and oxygen atoms in total. The van der Waals surface area contributed by atoms with E-state index in [9.17, 15) is 27.2 Å². The van der Waals surface area contributed by atoms with Gasteiger partial charge in [0.1, 0.15) is 23.3 Å². The van der Waals surface area contributed by atoms with Gasteiger partial charge >= 0.3 is 0 Å². The second-order valence-electron chi connectivity index (χ2n) is 9.95. The van der Waals surface area contributed by atoms with Crippen molar-refractivity contribution in [2.45, 2.75) is 0 Å². The summed E-state index contributed by atoms with van der Waals surface area (Å²) in [5, 5.41) is 0.105. The van der Waals surface area contributed by atoms with Crippen molar-refractivity contribution in [2.75, 3.05) is 0 Å². The molecule has 0 spiro atoms. The van der Waals surface area contributed by atoms with Gasteiger partial charge in [0.15, 0.2) is 0 Å². The van der Waals surface area contributed by atoms with Gasteiger partial charge in [-0.05, 0) is 95.1 Å². The molecule has 0 aliphatic carbocycles. The molecule has 42 heavy (non-hydrogen) atoms. The first kappa shape index (κ1) is 27.0. The van der Waals surface area contributed by atoms with Gasteiger partial charge < -0.3 is 9.13 Å². The third-order valence-electron chi connectivity index (χ3n) is 7.43. The van der Waals surface area contributed by atoms with Gasteiger partial charge in [-0.2, -0.15) is 0 Å². The van der Waals surface area contributed by atoms with E-state index in [4.69, 9.17) is 0 Å². The molecule has 0 N–H and O–H groups in total. The van der Waals surface area contributed by atoms with Crippen LogP contribution in [0.25, 0.3) is 55.5 Å². The number of rotatable bonds is 4. The monoisotopic (exact) mass is 566 g/mol. The molecule has 4 aromatic carbocycles. The second kappa shape index (κ2) is 10.3. The lowest BCUT2D eigenvalue weighted by Crippen LogP contribution is -2.28. The summed E-state index contributed by atoms with van der Waals surface area (Å²) in [5.74, 6) is -1.94. The zero-order valence-corrected chi connectivity index (χ0v) is 22.5. The van der Waals surface area contributed by atoms with Crippen molar-refractivity contribution in [1.82, 2.24) is 9.13 Å². The maximum absolute atomic E-state index is 14.3. The Balaban J connectivity index is 1.89. The van der Waals surface area contributed by atoms with E-state index in [2.05, 4.69) is 0 Å². The lowest BCUT2D eigenvalue weighted by atomic mass is 9.89. The molecule has 0 aliphatic heterocycles. The topological polar surface area (TPSA) is 44.0 Å². The van der Waals surface area contributed by atoms with E-state index in [1.54, 1.807) is 0 Å². The molecule has 0 fully saturated rings. The minimum atomic E-state index is -0.532. The van der Waals surface area contributed by atoms with E-state index in [1.807, 2.05) is 0 Å². The molecule has 8 heteroatoms. The van der Waals surface area contributed by atoms with E-state index >= 15 is 0 Å². The molecule has 0 unspecified atom stereocenters. The van der Waals surface area contributed by atoms with Crippen LogP contribution >= 0.6 is 0 Å². The minimum Gasteiger partial charge on any atom is -0.310 e.